The van der Waals surface area contributed by atoms with Crippen LogP contribution in [0.5, 0.6) is 0 Å². The molecule has 88 valence electrons. The van der Waals surface area contributed by atoms with E-state index in [1.54, 1.807) is 0 Å². The van der Waals surface area contributed by atoms with Gasteiger partial charge < -0.3 is 4.74 Å². The van der Waals surface area contributed by atoms with Crippen molar-refractivity contribution in [2.45, 2.75) is 0 Å². The Hall–Kier alpha value is -2.24. The summed E-state index contributed by atoms with van der Waals surface area (Å²) in [5.74, 6) is -2.92. The van der Waals surface area contributed by atoms with E-state index in [9.17, 15) is 18.8 Å². The summed E-state index contributed by atoms with van der Waals surface area (Å²) in [6.07, 6.45) is 0. The molecular formula is C11H8FNO4. The van der Waals surface area contributed by atoms with Gasteiger partial charge in [0.15, 0.2) is 0 Å². The van der Waals surface area contributed by atoms with Crippen LogP contribution in [0.15, 0.2) is 18.2 Å². The molecule has 1 aromatic carbocycles. The molecule has 1 heterocycles. The number of benzene rings is 1. The van der Waals surface area contributed by atoms with Crippen LogP contribution in [0.3, 0.4) is 0 Å². The molecular weight excluding hydrogens is 229 g/mol. The van der Waals surface area contributed by atoms with Crippen molar-refractivity contribution >= 4 is 23.3 Å². The summed E-state index contributed by atoms with van der Waals surface area (Å²) in [5, 5.41) is 0. The number of methoxy groups -OCH3 is 1. The second-order valence-corrected chi connectivity index (χ2v) is 3.46. The zero-order valence-corrected chi connectivity index (χ0v) is 8.90. The summed E-state index contributed by atoms with van der Waals surface area (Å²) in [5.41, 5.74) is 0.200. The maximum absolute atomic E-state index is 12.9. The number of esters is 1. The van der Waals surface area contributed by atoms with E-state index < -0.39 is 23.5 Å². The van der Waals surface area contributed by atoms with Crippen molar-refractivity contribution in [3.05, 3.63) is 29.6 Å². The second kappa shape index (κ2) is 3.97. The Bertz CT molecular complexity index is 526. The van der Waals surface area contributed by atoms with Gasteiger partial charge in [0.05, 0.1) is 18.4 Å². The Morgan fingerprint density at radius 1 is 1.41 bits per heavy atom. The minimum Gasteiger partial charge on any atom is -0.468 e. The molecule has 0 unspecified atom stereocenters. The Balaban J connectivity index is 2.41. The van der Waals surface area contributed by atoms with Crippen molar-refractivity contribution in [1.29, 1.82) is 0 Å². The van der Waals surface area contributed by atoms with Crippen LogP contribution in [-0.4, -0.2) is 31.3 Å². The van der Waals surface area contributed by atoms with Crippen molar-refractivity contribution in [2.24, 2.45) is 0 Å². The van der Waals surface area contributed by atoms with Gasteiger partial charge in [0, 0.05) is 0 Å². The molecule has 1 aliphatic rings. The molecule has 0 aromatic heterocycles. The molecule has 17 heavy (non-hydrogen) atoms. The van der Waals surface area contributed by atoms with E-state index in [0.717, 1.165) is 17.0 Å². The fourth-order valence-corrected chi connectivity index (χ4v) is 1.62. The van der Waals surface area contributed by atoms with E-state index in [-0.39, 0.29) is 17.8 Å². The highest BCUT2D eigenvalue weighted by Crippen LogP contribution is 2.29. The number of nitrogens with zero attached hydrogens (tertiary/aromatic N) is 1. The highest BCUT2D eigenvalue weighted by atomic mass is 19.1. The molecule has 2 rings (SSSR count). The zero-order valence-electron chi connectivity index (χ0n) is 8.90. The SMILES string of the molecule is COC(=O)CN1C(=O)C(=O)c2cc(F)ccc21. The van der Waals surface area contributed by atoms with Gasteiger partial charge in [-0.1, -0.05) is 0 Å². The van der Waals surface area contributed by atoms with Crippen LogP contribution in [0.2, 0.25) is 0 Å². The molecule has 1 aromatic rings. The lowest BCUT2D eigenvalue weighted by Gasteiger charge is -2.14. The highest BCUT2D eigenvalue weighted by molar-refractivity contribution is 6.52. The predicted octanol–water partition coefficient (Wildman–Crippen LogP) is 0.528. The highest BCUT2D eigenvalue weighted by Gasteiger charge is 2.37. The Morgan fingerprint density at radius 3 is 2.76 bits per heavy atom. The quantitative estimate of drug-likeness (QED) is 0.556. The first-order valence-corrected chi connectivity index (χ1v) is 4.77. The molecule has 5 nitrogen and oxygen atoms in total. The number of hydrogen-bond acceptors (Lipinski definition) is 4. The lowest BCUT2D eigenvalue weighted by atomic mass is 10.1. The number of ketones is 1. The van der Waals surface area contributed by atoms with Crippen LogP contribution >= 0.6 is 0 Å². The monoisotopic (exact) mass is 237 g/mol. The molecule has 0 spiro atoms. The molecule has 0 aliphatic carbocycles. The number of anilines is 1. The molecule has 0 atom stereocenters. The van der Waals surface area contributed by atoms with E-state index in [4.69, 9.17) is 0 Å². The average molecular weight is 237 g/mol. The van der Waals surface area contributed by atoms with Crippen molar-refractivity contribution in [3.63, 3.8) is 0 Å². The number of carbonyl (C=O) groups is 3. The number of carbonyl (C=O) groups excluding carboxylic acids is 3. The molecule has 0 saturated heterocycles. The lowest BCUT2D eigenvalue weighted by molar-refractivity contribution is -0.139. The molecule has 0 bridgehead atoms. The van der Waals surface area contributed by atoms with Gasteiger partial charge in [0.2, 0.25) is 0 Å². The molecule has 1 aliphatic heterocycles. The molecule has 0 saturated carbocycles. The van der Waals surface area contributed by atoms with E-state index in [2.05, 4.69) is 4.74 Å². The Morgan fingerprint density at radius 2 is 2.12 bits per heavy atom. The lowest BCUT2D eigenvalue weighted by Crippen LogP contribution is -2.35. The third-order valence-electron chi connectivity index (χ3n) is 2.45. The molecule has 0 N–H and O–H groups in total. The first-order valence-electron chi connectivity index (χ1n) is 4.77. The second-order valence-electron chi connectivity index (χ2n) is 3.46. The largest absolute Gasteiger partial charge is 0.468 e. The average Bonchev–Trinajstić information content (AvgIpc) is 2.54. The summed E-state index contributed by atoms with van der Waals surface area (Å²) < 4.78 is 17.4. The molecule has 1 amide bonds. The topological polar surface area (TPSA) is 63.7 Å². The van der Waals surface area contributed by atoms with Gasteiger partial charge in [0.25, 0.3) is 11.7 Å². The number of ether oxygens (including phenoxy) is 1. The fourth-order valence-electron chi connectivity index (χ4n) is 1.62. The van der Waals surface area contributed by atoms with Crippen LogP contribution in [0.4, 0.5) is 10.1 Å². The maximum Gasteiger partial charge on any atom is 0.325 e. The van der Waals surface area contributed by atoms with Gasteiger partial charge in [-0.05, 0) is 18.2 Å². The van der Waals surface area contributed by atoms with Gasteiger partial charge in [0.1, 0.15) is 12.4 Å². The van der Waals surface area contributed by atoms with Gasteiger partial charge in [-0.15, -0.1) is 0 Å². The van der Waals surface area contributed by atoms with E-state index in [0.29, 0.717) is 0 Å². The first-order chi connectivity index (χ1) is 8.04. The van der Waals surface area contributed by atoms with Crippen molar-refractivity contribution in [1.82, 2.24) is 0 Å². The van der Waals surface area contributed by atoms with Gasteiger partial charge in [-0.2, -0.15) is 0 Å². The normalized spacial score (nSPS) is 13.9. The number of rotatable bonds is 2. The number of hydrogen-bond donors (Lipinski definition) is 0. The number of amides is 1. The molecule has 6 heteroatoms. The third-order valence-corrected chi connectivity index (χ3v) is 2.45. The van der Waals surface area contributed by atoms with Gasteiger partial charge in [-0.3, -0.25) is 19.3 Å². The Labute approximate surface area is 95.8 Å². The van der Waals surface area contributed by atoms with Gasteiger partial charge in [-0.25, -0.2) is 4.39 Å². The van der Waals surface area contributed by atoms with Crippen LogP contribution in [0.25, 0.3) is 0 Å². The number of fused-ring (bicyclic) bond motifs is 1. The maximum atomic E-state index is 12.9. The minimum absolute atomic E-state index is 0.0288. The van der Waals surface area contributed by atoms with Crippen LogP contribution in [-0.2, 0) is 14.3 Å². The summed E-state index contributed by atoms with van der Waals surface area (Å²) in [6, 6.07) is 3.39. The van der Waals surface area contributed by atoms with E-state index >= 15 is 0 Å². The number of halogens is 1. The molecule has 0 radical (unpaired) electrons. The van der Waals surface area contributed by atoms with Gasteiger partial charge >= 0.3 is 5.97 Å². The van der Waals surface area contributed by atoms with E-state index in [1.807, 2.05) is 0 Å². The fraction of sp³-hybridized carbons (Fsp3) is 0.182. The minimum atomic E-state index is -0.851. The molecule has 0 fully saturated rings. The van der Waals surface area contributed by atoms with Crippen LogP contribution in [0.1, 0.15) is 10.4 Å². The first kappa shape index (κ1) is 11.3. The zero-order chi connectivity index (χ0) is 12.6. The smallest absolute Gasteiger partial charge is 0.325 e. The summed E-state index contributed by atoms with van der Waals surface area (Å²) in [7, 11) is 1.18. The summed E-state index contributed by atoms with van der Waals surface area (Å²) >= 11 is 0. The summed E-state index contributed by atoms with van der Waals surface area (Å²) in [4.78, 5) is 35.2. The van der Waals surface area contributed by atoms with Crippen molar-refractivity contribution < 1.29 is 23.5 Å². The summed E-state index contributed by atoms with van der Waals surface area (Å²) in [6.45, 7) is -0.361. The predicted molar refractivity (Wildman–Crippen MR) is 55.1 cm³/mol. The number of Topliss-reactive ketones (excluding diaryl/α,β-unsaturated/α-hetero) is 1. The standard InChI is InChI=1S/C11H8FNO4/c1-17-9(14)5-13-8-3-2-6(12)4-7(8)10(15)11(13)16/h2-4H,5H2,1H3. The van der Waals surface area contributed by atoms with Crippen molar-refractivity contribution in [3.8, 4) is 0 Å². The third kappa shape index (κ3) is 1.77. The van der Waals surface area contributed by atoms with Crippen LogP contribution in [0, 0.1) is 5.82 Å². The van der Waals surface area contributed by atoms with Crippen LogP contribution < -0.4 is 4.90 Å². The Kier molecular flexibility index (Phi) is 2.63. The van der Waals surface area contributed by atoms with E-state index in [1.165, 1.54) is 13.2 Å². The van der Waals surface area contributed by atoms with Crippen molar-refractivity contribution in [2.75, 3.05) is 18.6 Å².